The lowest BCUT2D eigenvalue weighted by atomic mass is 10.1. The number of aromatic nitrogens is 1. The quantitative estimate of drug-likeness (QED) is 0.720. The molecule has 14 heavy (non-hydrogen) atoms. The number of rotatable bonds is 1. The van der Waals surface area contributed by atoms with Gasteiger partial charge in [-0.05, 0) is 24.6 Å². The SMILES string of the molecule is Cc1nc(Cl)sc1-c1ccc(F)cc1. The van der Waals surface area contributed by atoms with Crippen molar-refractivity contribution >= 4 is 22.9 Å². The first-order valence-electron chi connectivity index (χ1n) is 4.05. The van der Waals surface area contributed by atoms with Crippen molar-refractivity contribution in [3.05, 3.63) is 40.2 Å². The molecule has 0 radical (unpaired) electrons. The van der Waals surface area contributed by atoms with E-state index in [1.807, 2.05) is 6.92 Å². The molecule has 0 aliphatic heterocycles. The van der Waals surface area contributed by atoms with E-state index in [1.54, 1.807) is 12.1 Å². The van der Waals surface area contributed by atoms with Gasteiger partial charge < -0.3 is 0 Å². The Labute approximate surface area is 90.2 Å². The Morgan fingerprint density at radius 1 is 1.29 bits per heavy atom. The van der Waals surface area contributed by atoms with Crippen molar-refractivity contribution < 1.29 is 4.39 Å². The fourth-order valence-electron chi connectivity index (χ4n) is 1.23. The number of hydrogen-bond donors (Lipinski definition) is 0. The van der Waals surface area contributed by atoms with Crippen LogP contribution in [0.1, 0.15) is 5.69 Å². The number of nitrogens with zero attached hydrogens (tertiary/aromatic N) is 1. The zero-order chi connectivity index (χ0) is 10.1. The van der Waals surface area contributed by atoms with E-state index in [1.165, 1.54) is 23.5 Å². The van der Waals surface area contributed by atoms with Gasteiger partial charge in [0.15, 0.2) is 4.47 Å². The van der Waals surface area contributed by atoms with E-state index >= 15 is 0 Å². The molecule has 0 atom stereocenters. The lowest BCUT2D eigenvalue weighted by Crippen LogP contribution is -1.78. The van der Waals surface area contributed by atoms with Crippen LogP contribution in [0.4, 0.5) is 4.39 Å². The predicted octanol–water partition coefficient (Wildman–Crippen LogP) is 3.91. The van der Waals surface area contributed by atoms with Gasteiger partial charge in [-0.25, -0.2) is 9.37 Å². The molecule has 1 aromatic carbocycles. The van der Waals surface area contributed by atoms with Crippen LogP contribution in [0.2, 0.25) is 4.47 Å². The summed E-state index contributed by atoms with van der Waals surface area (Å²) in [7, 11) is 0. The van der Waals surface area contributed by atoms with Gasteiger partial charge in [0.2, 0.25) is 0 Å². The van der Waals surface area contributed by atoms with Gasteiger partial charge in [-0.15, -0.1) is 11.3 Å². The van der Waals surface area contributed by atoms with Crippen molar-refractivity contribution in [2.45, 2.75) is 6.92 Å². The lowest BCUT2D eigenvalue weighted by Gasteiger charge is -1.97. The fraction of sp³-hybridized carbons (Fsp3) is 0.100. The van der Waals surface area contributed by atoms with Crippen LogP contribution in [0.3, 0.4) is 0 Å². The number of halogens is 2. The molecule has 0 fully saturated rings. The Balaban J connectivity index is 2.49. The molecule has 0 saturated heterocycles. The molecule has 72 valence electrons. The molecule has 1 heterocycles. The highest BCUT2D eigenvalue weighted by Crippen LogP contribution is 2.32. The van der Waals surface area contributed by atoms with Crippen LogP contribution in [0.15, 0.2) is 24.3 Å². The van der Waals surface area contributed by atoms with Gasteiger partial charge in [-0.1, -0.05) is 23.7 Å². The summed E-state index contributed by atoms with van der Waals surface area (Å²) in [6.45, 7) is 1.89. The number of benzene rings is 1. The molecule has 0 aliphatic carbocycles. The zero-order valence-corrected chi connectivity index (χ0v) is 8.99. The average molecular weight is 228 g/mol. The van der Waals surface area contributed by atoms with Crippen LogP contribution in [0.25, 0.3) is 10.4 Å². The van der Waals surface area contributed by atoms with Crippen LogP contribution < -0.4 is 0 Å². The maximum absolute atomic E-state index is 12.7. The fourth-order valence-corrected chi connectivity index (χ4v) is 2.39. The van der Waals surface area contributed by atoms with Crippen LogP contribution in [-0.4, -0.2) is 4.98 Å². The molecule has 2 aromatic rings. The van der Waals surface area contributed by atoms with Gasteiger partial charge in [-0.3, -0.25) is 0 Å². The highest BCUT2D eigenvalue weighted by Gasteiger charge is 2.07. The molecule has 0 aliphatic rings. The monoisotopic (exact) mass is 227 g/mol. The molecule has 4 heteroatoms. The first kappa shape index (κ1) is 9.62. The zero-order valence-electron chi connectivity index (χ0n) is 7.42. The summed E-state index contributed by atoms with van der Waals surface area (Å²) in [6.07, 6.45) is 0. The van der Waals surface area contributed by atoms with E-state index in [2.05, 4.69) is 4.98 Å². The molecule has 1 aromatic heterocycles. The molecular formula is C10H7ClFNS. The summed E-state index contributed by atoms with van der Waals surface area (Å²) in [5.74, 6) is -0.234. The second kappa shape index (κ2) is 3.67. The van der Waals surface area contributed by atoms with Gasteiger partial charge >= 0.3 is 0 Å². The highest BCUT2D eigenvalue weighted by atomic mass is 35.5. The Bertz CT molecular complexity index is 450. The van der Waals surface area contributed by atoms with E-state index in [0.717, 1.165) is 16.1 Å². The minimum atomic E-state index is -0.234. The third-order valence-corrected chi connectivity index (χ3v) is 3.19. The van der Waals surface area contributed by atoms with Crippen LogP contribution in [0, 0.1) is 12.7 Å². The maximum atomic E-state index is 12.7. The Kier molecular flexibility index (Phi) is 2.52. The first-order valence-corrected chi connectivity index (χ1v) is 5.25. The van der Waals surface area contributed by atoms with E-state index in [4.69, 9.17) is 11.6 Å². The van der Waals surface area contributed by atoms with Crippen molar-refractivity contribution in [3.8, 4) is 10.4 Å². The largest absolute Gasteiger partial charge is 0.230 e. The van der Waals surface area contributed by atoms with Crippen molar-refractivity contribution in [1.82, 2.24) is 4.98 Å². The third kappa shape index (κ3) is 1.79. The van der Waals surface area contributed by atoms with E-state index in [-0.39, 0.29) is 5.82 Å². The lowest BCUT2D eigenvalue weighted by molar-refractivity contribution is 0.628. The molecule has 0 amide bonds. The van der Waals surface area contributed by atoms with Gasteiger partial charge in [-0.2, -0.15) is 0 Å². The minimum absolute atomic E-state index is 0.234. The summed E-state index contributed by atoms with van der Waals surface area (Å²) < 4.78 is 13.2. The molecule has 0 saturated carbocycles. The smallest absolute Gasteiger partial charge is 0.184 e. The normalized spacial score (nSPS) is 10.5. The minimum Gasteiger partial charge on any atom is -0.230 e. The van der Waals surface area contributed by atoms with E-state index in [0.29, 0.717) is 4.47 Å². The third-order valence-electron chi connectivity index (χ3n) is 1.88. The summed E-state index contributed by atoms with van der Waals surface area (Å²) >= 11 is 7.19. The molecule has 1 nitrogen and oxygen atoms in total. The molecule has 0 unspecified atom stereocenters. The average Bonchev–Trinajstić information content (AvgIpc) is 2.47. The Morgan fingerprint density at radius 3 is 2.43 bits per heavy atom. The predicted molar refractivity (Wildman–Crippen MR) is 57.3 cm³/mol. The summed E-state index contributed by atoms with van der Waals surface area (Å²) in [5.41, 5.74) is 1.83. The topological polar surface area (TPSA) is 12.9 Å². The Morgan fingerprint density at radius 2 is 1.93 bits per heavy atom. The van der Waals surface area contributed by atoms with Crippen LogP contribution in [-0.2, 0) is 0 Å². The molecular weight excluding hydrogens is 221 g/mol. The first-order chi connectivity index (χ1) is 6.66. The van der Waals surface area contributed by atoms with Crippen LogP contribution >= 0.6 is 22.9 Å². The number of hydrogen-bond acceptors (Lipinski definition) is 2. The Hall–Kier alpha value is -0.930. The van der Waals surface area contributed by atoms with Gasteiger partial charge in [0, 0.05) is 0 Å². The van der Waals surface area contributed by atoms with Crippen molar-refractivity contribution in [2.75, 3.05) is 0 Å². The molecule has 0 bridgehead atoms. The van der Waals surface area contributed by atoms with Crippen molar-refractivity contribution in [1.29, 1.82) is 0 Å². The molecule has 2 rings (SSSR count). The standard InChI is InChI=1S/C10H7ClFNS/c1-6-9(14-10(11)13-6)7-2-4-8(12)5-3-7/h2-5H,1H3. The second-order valence-electron chi connectivity index (χ2n) is 2.89. The summed E-state index contributed by atoms with van der Waals surface area (Å²) in [4.78, 5) is 5.10. The molecule has 0 N–H and O–H groups in total. The van der Waals surface area contributed by atoms with E-state index < -0.39 is 0 Å². The maximum Gasteiger partial charge on any atom is 0.184 e. The van der Waals surface area contributed by atoms with E-state index in [9.17, 15) is 4.39 Å². The second-order valence-corrected chi connectivity index (χ2v) is 4.47. The number of aryl methyl sites for hydroxylation is 1. The van der Waals surface area contributed by atoms with Gasteiger partial charge in [0.25, 0.3) is 0 Å². The molecule has 0 spiro atoms. The highest BCUT2D eigenvalue weighted by molar-refractivity contribution is 7.19. The summed E-state index contributed by atoms with van der Waals surface area (Å²) in [5, 5.41) is 0. The van der Waals surface area contributed by atoms with Gasteiger partial charge in [0.05, 0.1) is 10.6 Å². The van der Waals surface area contributed by atoms with Crippen LogP contribution in [0.5, 0.6) is 0 Å². The van der Waals surface area contributed by atoms with Crippen molar-refractivity contribution in [2.24, 2.45) is 0 Å². The van der Waals surface area contributed by atoms with Crippen molar-refractivity contribution in [3.63, 3.8) is 0 Å². The summed E-state index contributed by atoms with van der Waals surface area (Å²) in [6, 6.07) is 6.32. The van der Waals surface area contributed by atoms with Gasteiger partial charge in [0.1, 0.15) is 5.82 Å². The number of thiazole rings is 1.